The van der Waals surface area contributed by atoms with Gasteiger partial charge in [0.05, 0.1) is 59.2 Å². The highest BCUT2D eigenvalue weighted by Gasteiger charge is 2.49. The number of nitrogens with zero attached hydrogens (tertiary/aromatic N) is 6. The lowest BCUT2D eigenvalue weighted by atomic mass is 10.2. The summed E-state index contributed by atoms with van der Waals surface area (Å²) < 4.78 is 40.3. The molecule has 0 bridgehead atoms. The summed E-state index contributed by atoms with van der Waals surface area (Å²) in [6.45, 7) is 3.61. The summed E-state index contributed by atoms with van der Waals surface area (Å²) in [6.07, 6.45) is 0.613. The van der Waals surface area contributed by atoms with Crippen LogP contribution in [-0.2, 0) is 9.47 Å². The number of rotatable bonds is 4. The van der Waals surface area contributed by atoms with Gasteiger partial charge < -0.3 is 28.4 Å². The van der Waals surface area contributed by atoms with Crippen LogP contribution < -0.4 is 18.9 Å². The van der Waals surface area contributed by atoms with Gasteiger partial charge in [0.15, 0.2) is 11.5 Å². The van der Waals surface area contributed by atoms with E-state index in [0.29, 0.717) is 33.9 Å². The van der Waals surface area contributed by atoms with Crippen LogP contribution in [-0.4, -0.2) is 64.3 Å². The number of aromatic nitrogens is 4. The highest BCUT2D eigenvalue weighted by molar-refractivity contribution is 5.93. The number of methoxy groups -OCH3 is 2. The van der Waals surface area contributed by atoms with E-state index in [1.165, 1.54) is 50.6 Å². The summed E-state index contributed by atoms with van der Waals surface area (Å²) in [7, 11) is 2.58. The summed E-state index contributed by atoms with van der Waals surface area (Å²) >= 11 is 0. The molecule has 0 aliphatic carbocycles. The molecule has 8 rings (SSSR count). The fourth-order valence-corrected chi connectivity index (χ4v) is 5.82. The maximum Gasteiger partial charge on any atom is 0.613 e. The molecule has 53 heavy (non-hydrogen) atoms. The van der Waals surface area contributed by atoms with Gasteiger partial charge in [-0.05, 0) is 74.5 Å². The molecule has 4 aromatic carbocycles. The van der Waals surface area contributed by atoms with E-state index in [1.807, 2.05) is 60.7 Å². The van der Waals surface area contributed by atoms with Crippen LogP contribution in [0.3, 0.4) is 0 Å². The second-order valence-electron chi connectivity index (χ2n) is 11.9. The Morgan fingerprint density at radius 3 is 1.40 bits per heavy atom. The predicted octanol–water partition coefficient (Wildman–Crippen LogP) is 6.60. The Balaban J connectivity index is 1.42. The molecule has 0 saturated carbocycles. The number of fused-ring (bicyclic) bond motifs is 4. The lowest BCUT2D eigenvalue weighted by molar-refractivity contribution is -0.369. The molecule has 2 aliphatic rings. The molecule has 6 aromatic rings. The second-order valence-corrected chi connectivity index (χ2v) is 11.9. The number of hydrogen-bond acceptors (Lipinski definition) is 12. The van der Waals surface area contributed by atoms with Crippen molar-refractivity contribution in [2.45, 2.75) is 20.0 Å². The van der Waals surface area contributed by atoms with Gasteiger partial charge in [0.1, 0.15) is 11.4 Å². The van der Waals surface area contributed by atoms with Gasteiger partial charge in [-0.3, -0.25) is 9.98 Å². The summed E-state index contributed by atoms with van der Waals surface area (Å²) in [5, 5.41) is 9.59. The van der Waals surface area contributed by atoms with Gasteiger partial charge in [-0.15, -0.1) is 0 Å². The number of carbonyl (C=O) groups excluding carboxylic acids is 2. The molecule has 0 saturated heterocycles. The molecular formula is C39H30N6O8. The third kappa shape index (κ3) is 6.01. The number of para-hydroxylation sites is 2. The van der Waals surface area contributed by atoms with Gasteiger partial charge in [0.25, 0.3) is 0 Å². The van der Waals surface area contributed by atoms with Gasteiger partial charge in [-0.1, -0.05) is 36.4 Å². The van der Waals surface area contributed by atoms with Crippen molar-refractivity contribution < 1.29 is 38.0 Å². The van der Waals surface area contributed by atoms with E-state index in [-0.39, 0.29) is 45.8 Å². The smallest absolute Gasteiger partial charge is 0.465 e. The number of aliphatic imine (C=N–C) groups is 2. The molecule has 0 atom stereocenters. The predicted molar refractivity (Wildman–Crippen MR) is 192 cm³/mol. The third-order valence-corrected chi connectivity index (χ3v) is 8.47. The normalized spacial score (nSPS) is 15.5. The number of carbonyl (C=O) groups is 2. The van der Waals surface area contributed by atoms with E-state index in [4.69, 9.17) is 48.6 Å². The number of benzene rings is 4. The van der Waals surface area contributed by atoms with Crippen LogP contribution in [0.2, 0.25) is 0 Å². The maximum atomic E-state index is 12.6. The first-order valence-electron chi connectivity index (χ1n) is 16.3. The van der Waals surface area contributed by atoms with Crippen LogP contribution in [0, 0.1) is 13.8 Å². The Labute approximate surface area is 302 Å². The van der Waals surface area contributed by atoms with Crippen molar-refractivity contribution in [3.05, 3.63) is 131 Å². The quantitative estimate of drug-likeness (QED) is 0.183. The number of esters is 2. The minimum Gasteiger partial charge on any atom is -0.465 e. The molecule has 0 amide bonds. The second kappa shape index (κ2) is 13.2. The van der Waals surface area contributed by atoms with E-state index >= 15 is 0 Å². The van der Waals surface area contributed by atoms with Crippen LogP contribution in [0.15, 0.2) is 107 Å². The third-order valence-electron chi connectivity index (χ3n) is 8.47. The molecule has 14 nitrogen and oxygen atoms in total. The molecule has 0 unspecified atom stereocenters. The molecular weight excluding hydrogens is 680 g/mol. The fraction of sp³-hybridized carbons (Fsp3) is 0.128. The Hall–Kier alpha value is -7.22. The highest BCUT2D eigenvalue weighted by atomic mass is 17.0. The average molecular weight is 711 g/mol. The average Bonchev–Trinajstić information content (AvgIpc) is 3.70. The topological polar surface area (TPSA) is 150 Å². The largest absolute Gasteiger partial charge is 0.613 e. The molecule has 2 aliphatic heterocycles. The molecule has 1 spiro atoms. The summed E-state index contributed by atoms with van der Waals surface area (Å²) in [4.78, 5) is 34.7. The van der Waals surface area contributed by atoms with Crippen LogP contribution in [0.5, 0.6) is 23.3 Å². The maximum absolute atomic E-state index is 12.6. The lowest BCUT2D eigenvalue weighted by Gasteiger charge is -2.32. The van der Waals surface area contributed by atoms with Gasteiger partial charge in [-0.2, -0.15) is 19.6 Å². The highest BCUT2D eigenvalue weighted by Crippen LogP contribution is 2.42. The van der Waals surface area contributed by atoms with Gasteiger partial charge in [-0.25, -0.2) is 9.59 Å². The minimum absolute atomic E-state index is 0.118. The molecule has 264 valence electrons. The first-order valence-corrected chi connectivity index (χ1v) is 16.3. The molecule has 0 N–H and O–H groups in total. The Morgan fingerprint density at radius 2 is 1.00 bits per heavy atom. The number of aryl methyl sites for hydroxylation is 2. The molecule has 4 heterocycles. The van der Waals surface area contributed by atoms with E-state index < -0.39 is 18.1 Å². The Kier molecular flexibility index (Phi) is 8.18. The monoisotopic (exact) mass is 710 g/mol. The molecule has 0 fully saturated rings. The van der Waals surface area contributed by atoms with Crippen molar-refractivity contribution in [2.75, 3.05) is 14.2 Å². The summed E-state index contributed by atoms with van der Waals surface area (Å²) in [6, 6.07) is 27.8. The number of ether oxygens (including phenoxy) is 6. The zero-order valence-corrected chi connectivity index (χ0v) is 28.8. The standard InChI is InChI=1S/C39H30N6O8/c1-23-29-21-40-31-19-25(37(46)48-3)15-17-33(31)50-39(52-35(29)44(42-23)27-11-7-5-8-12-27)51-34-18-16-26(38(47)49-4)20-32(34)41-22-30-24(2)43-45(36(30)53-39)28-13-9-6-10-14-28/h5-22H,1-4H3. The zero-order valence-electron chi connectivity index (χ0n) is 28.8. The first-order chi connectivity index (χ1) is 25.8. The van der Waals surface area contributed by atoms with E-state index in [2.05, 4.69) is 0 Å². The molecule has 14 heteroatoms. The van der Waals surface area contributed by atoms with Crippen LogP contribution in [0.25, 0.3) is 11.4 Å². The Morgan fingerprint density at radius 1 is 0.585 bits per heavy atom. The van der Waals surface area contributed by atoms with Crippen molar-refractivity contribution >= 4 is 35.7 Å². The lowest BCUT2D eigenvalue weighted by Crippen LogP contribution is -2.54. The molecule has 2 aromatic heterocycles. The van der Waals surface area contributed by atoms with Gasteiger partial charge in [0, 0.05) is 12.4 Å². The van der Waals surface area contributed by atoms with E-state index in [9.17, 15) is 9.59 Å². The van der Waals surface area contributed by atoms with Crippen molar-refractivity contribution in [1.29, 1.82) is 0 Å². The van der Waals surface area contributed by atoms with Crippen LogP contribution in [0.4, 0.5) is 11.4 Å². The number of hydrogen-bond donors (Lipinski definition) is 0. The first kappa shape index (κ1) is 33.0. The molecule has 0 radical (unpaired) electrons. The van der Waals surface area contributed by atoms with Crippen molar-refractivity contribution in [3.63, 3.8) is 0 Å². The summed E-state index contributed by atoms with van der Waals surface area (Å²) in [5.41, 5.74) is 4.26. The van der Waals surface area contributed by atoms with Crippen molar-refractivity contribution in [1.82, 2.24) is 19.6 Å². The van der Waals surface area contributed by atoms with E-state index in [0.717, 1.165) is 0 Å². The van der Waals surface area contributed by atoms with Crippen molar-refractivity contribution in [2.24, 2.45) is 9.98 Å². The van der Waals surface area contributed by atoms with Crippen molar-refractivity contribution in [3.8, 4) is 34.6 Å². The Bertz CT molecular complexity index is 2280. The van der Waals surface area contributed by atoms with Gasteiger partial charge in [0.2, 0.25) is 11.8 Å². The fourth-order valence-electron chi connectivity index (χ4n) is 5.82. The van der Waals surface area contributed by atoms with Crippen LogP contribution >= 0.6 is 0 Å². The van der Waals surface area contributed by atoms with Crippen LogP contribution in [0.1, 0.15) is 43.2 Å². The van der Waals surface area contributed by atoms with Gasteiger partial charge >= 0.3 is 18.1 Å². The SMILES string of the molecule is COC(=O)c1ccc2c(c1)N=Cc1c(C)nn(-c3ccccc3)c1OC1(O2)Oc2ccc(C(=O)OC)cc2N=Cc2c(C)nn(-c3ccccc3)c2O1. The zero-order chi connectivity index (χ0) is 36.7. The minimum atomic E-state index is -2.52. The van der Waals surface area contributed by atoms with E-state index in [1.54, 1.807) is 35.6 Å². The summed E-state index contributed by atoms with van der Waals surface area (Å²) in [5.74, 6) is -0.611.